The second-order valence-electron chi connectivity index (χ2n) is 26.6. The van der Waals surface area contributed by atoms with Gasteiger partial charge in [-0.2, -0.15) is 10.5 Å². The molecule has 0 bridgehead atoms. The number of ether oxygens (including phenoxy) is 2. The molecule has 1 aliphatic heterocycles. The largest absolute Gasteiger partial charge is 0.494 e. The van der Waals surface area contributed by atoms with Crippen LogP contribution in [0.3, 0.4) is 0 Å². The third-order valence-electron chi connectivity index (χ3n) is 19.1. The molecule has 0 aromatic heterocycles. The molecule has 104 heavy (non-hydrogen) atoms. The summed E-state index contributed by atoms with van der Waals surface area (Å²) in [6.45, 7) is 9.14. The lowest BCUT2D eigenvalue weighted by molar-refractivity contribution is 0.00578. The third kappa shape index (κ3) is 16.9. The highest BCUT2D eigenvalue weighted by Gasteiger charge is 2.51. The van der Waals surface area contributed by atoms with Crippen LogP contribution in [-0.4, -0.2) is 18.3 Å². The standard InChI is InChI=1S/C44H32N2O.C25H24BNO2.C25H20BrNO/c45-29-31-11-15-35(16-12-31)36-19-21-37(22-20-36)38-23-25-39(26-24-38)41-27-42(40-9-5-2-6-10-40)44(46)43(28-41)47-30-32-13-17-34(18-14-32)33-7-3-1-4-8-33;1-24(2)25(3,4)29-26(28-24)23-15-13-22(14-16-23)21-11-9-20(10-12-21)19-7-5-18(17-27)6-8-19;26-22-15-23(21-9-5-2-6-10-21)25(27)24(16-22)28-17-18-11-13-20(14-12-18)19-7-3-1-4-8-19/h1-28H,30,46H2;5-16H,1-4H3;1-16H,17,27H2. The van der Waals surface area contributed by atoms with Crippen LogP contribution in [-0.2, 0) is 22.5 Å². The van der Waals surface area contributed by atoms with Crippen LogP contribution in [0.25, 0.3) is 100 Å². The maximum Gasteiger partial charge on any atom is 0.494 e. The Balaban J connectivity index is 0.000000146. The van der Waals surface area contributed by atoms with E-state index in [1.807, 2.05) is 140 Å². The third-order valence-corrected chi connectivity index (χ3v) is 19.6. The van der Waals surface area contributed by atoms with Crippen LogP contribution in [0, 0.1) is 22.7 Å². The summed E-state index contributed by atoms with van der Waals surface area (Å²) in [5, 5.41) is 18.0. The van der Waals surface area contributed by atoms with Crippen LogP contribution >= 0.6 is 15.9 Å². The van der Waals surface area contributed by atoms with Gasteiger partial charge in [0.25, 0.3) is 0 Å². The quantitative estimate of drug-likeness (QED) is 0.0721. The van der Waals surface area contributed by atoms with Crippen molar-refractivity contribution in [1.29, 1.82) is 10.5 Å². The number of halogens is 1. The molecular weight excluding hydrogens is 1340 g/mol. The van der Waals surface area contributed by atoms with Crippen molar-refractivity contribution in [2.75, 3.05) is 11.5 Å². The minimum Gasteiger partial charge on any atom is -0.487 e. The van der Waals surface area contributed by atoms with Gasteiger partial charge in [0.2, 0.25) is 0 Å². The average molecular weight is 1420 g/mol. The minimum absolute atomic E-state index is 0.336. The molecule has 4 N–H and O–H groups in total. The number of hydrogen-bond acceptors (Lipinski definition) is 8. The molecule has 0 amide bonds. The van der Waals surface area contributed by atoms with E-state index >= 15 is 0 Å². The van der Waals surface area contributed by atoms with E-state index in [0.29, 0.717) is 47.2 Å². The SMILES string of the molecule is CC1(C)OB(c2ccc(-c3ccc(-c4ccc(C#N)cc4)cc3)cc2)OC1(C)C.N#Cc1ccc(-c2ccc(-c3ccc(-c4cc(OCc5ccc(-c6ccccc6)cc5)c(N)c(-c5ccccc5)c4)cc3)cc2)cc1.Nc1c(OCc2ccc(-c3ccccc3)cc2)cc(Br)cc1-c1ccccc1. The molecule has 14 aromatic rings. The average Bonchev–Trinajstić information content (AvgIpc) is 1.71. The first-order valence-electron chi connectivity index (χ1n) is 34.6. The Labute approximate surface area is 619 Å². The van der Waals surface area contributed by atoms with Crippen LogP contribution < -0.4 is 26.4 Å². The molecule has 0 saturated carbocycles. The number of rotatable bonds is 16. The Morgan fingerprint density at radius 1 is 0.317 bits per heavy atom. The van der Waals surface area contributed by atoms with E-state index in [0.717, 1.165) is 99.0 Å². The molecule has 15 rings (SSSR count). The second-order valence-corrected chi connectivity index (χ2v) is 27.5. The summed E-state index contributed by atoms with van der Waals surface area (Å²) in [5.74, 6) is 1.34. The monoisotopic (exact) mass is 1410 g/mol. The predicted octanol–water partition coefficient (Wildman–Crippen LogP) is 23.2. The molecule has 14 aromatic carbocycles. The number of benzene rings is 14. The molecule has 0 atom stereocenters. The molecule has 8 nitrogen and oxygen atoms in total. The van der Waals surface area contributed by atoms with Gasteiger partial charge >= 0.3 is 7.12 Å². The zero-order chi connectivity index (χ0) is 72.0. The number of nitriles is 2. The summed E-state index contributed by atoms with van der Waals surface area (Å²) in [7, 11) is -0.340. The Hall–Kier alpha value is -12.3. The van der Waals surface area contributed by atoms with Gasteiger partial charge in [0.15, 0.2) is 0 Å². The molecular formula is C94H76BBrN4O4. The van der Waals surface area contributed by atoms with Gasteiger partial charge in [-0.25, -0.2) is 0 Å². The van der Waals surface area contributed by atoms with Gasteiger partial charge in [0, 0.05) is 15.6 Å². The van der Waals surface area contributed by atoms with Crippen LogP contribution in [0.1, 0.15) is 49.9 Å². The number of anilines is 2. The molecule has 0 unspecified atom stereocenters. The van der Waals surface area contributed by atoms with Crippen molar-refractivity contribution in [2.45, 2.75) is 52.1 Å². The van der Waals surface area contributed by atoms with Crippen molar-refractivity contribution >= 4 is 39.9 Å². The number of nitrogen functional groups attached to an aromatic ring is 2. The van der Waals surface area contributed by atoms with Gasteiger partial charge in [-0.05, 0) is 182 Å². The van der Waals surface area contributed by atoms with Crippen molar-refractivity contribution in [3.05, 3.63) is 366 Å². The lowest BCUT2D eigenvalue weighted by Gasteiger charge is -2.32. The zero-order valence-corrected chi connectivity index (χ0v) is 60.0. The molecule has 1 saturated heterocycles. The Morgan fingerprint density at radius 2 is 0.577 bits per heavy atom. The lowest BCUT2D eigenvalue weighted by Crippen LogP contribution is -2.41. The summed E-state index contributed by atoms with van der Waals surface area (Å²) in [6, 6.07) is 120. The minimum atomic E-state index is -0.340. The lowest BCUT2D eigenvalue weighted by atomic mass is 9.78. The fraction of sp³-hybridized carbons (Fsp3) is 0.0851. The van der Waals surface area contributed by atoms with Crippen LogP contribution in [0.4, 0.5) is 11.4 Å². The normalized spacial score (nSPS) is 12.5. The van der Waals surface area contributed by atoms with E-state index < -0.39 is 0 Å². The Morgan fingerprint density at radius 3 is 0.904 bits per heavy atom. The molecule has 0 spiro atoms. The van der Waals surface area contributed by atoms with Crippen LogP contribution in [0.15, 0.2) is 344 Å². The number of nitrogens with zero attached hydrogens (tertiary/aromatic N) is 2. The highest BCUT2D eigenvalue weighted by atomic mass is 79.9. The summed E-state index contributed by atoms with van der Waals surface area (Å²) in [5.41, 5.74) is 38.2. The summed E-state index contributed by atoms with van der Waals surface area (Å²) >= 11 is 3.57. The summed E-state index contributed by atoms with van der Waals surface area (Å²) in [4.78, 5) is 0. The van der Waals surface area contributed by atoms with E-state index in [-0.39, 0.29) is 18.3 Å². The van der Waals surface area contributed by atoms with Crippen molar-refractivity contribution < 1.29 is 18.8 Å². The number of hydrogen-bond donors (Lipinski definition) is 2. The molecule has 1 fully saturated rings. The summed E-state index contributed by atoms with van der Waals surface area (Å²) < 4.78 is 25.7. The molecule has 0 aliphatic carbocycles. The van der Waals surface area contributed by atoms with Gasteiger partial charge in [-0.15, -0.1) is 0 Å². The second kappa shape index (κ2) is 32.2. The van der Waals surface area contributed by atoms with Gasteiger partial charge in [0.05, 0.1) is 45.8 Å². The van der Waals surface area contributed by atoms with Crippen molar-refractivity contribution in [3.8, 4) is 124 Å². The van der Waals surface area contributed by atoms with Crippen LogP contribution in [0.5, 0.6) is 11.5 Å². The highest BCUT2D eigenvalue weighted by molar-refractivity contribution is 9.10. The number of nitrogens with two attached hydrogens (primary N) is 2. The first kappa shape index (κ1) is 70.2. The predicted molar refractivity (Wildman–Crippen MR) is 431 cm³/mol. The van der Waals surface area contributed by atoms with Crippen molar-refractivity contribution in [3.63, 3.8) is 0 Å². The van der Waals surface area contributed by atoms with Gasteiger partial charge < -0.3 is 30.2 Å². The van der Waals surface area contributed by atoms with Crippen molar-refractivity contribution in [2.24, 2.45) is 0 Å². The summed E-state index contributed by atoms with van der Waals surface area (Å²) in [6.07, 6.45) is 0. The maximum atomic E-state index is 9.09. The van der Waals surface area contributed by atoms with E-state index in [9.17, 15) is 0 Å². The Bertz CT molecular complexity index is 5270. The first-order valence-corrected chi connectivity index (χ1v) is 35.4. The smallest absolute Gasteiger partial charge is 0.487 e. The molecule has 10 heteroatoms. The Kier molecular flexibility index (Phi) is 21.7. The van der Waals surface area contributed by atoms with E-state index in [1.54, 1.807) is 0 Å². The topological polar surface area (TPSA) is 137 Å². The molecule has 1 aliphatic rings. The highest BCUT2D eigenvalue weighted by Crippen LogP contribution is 2.42. The van der Waals surface area contributed by atoms with E-state index in [1.165, 1.54) is 22.3 Å². The van der Waals surface area contributed by atoms with Gasteiger partial charge in [-0.1, -0.05) is 307 Å². The van der Waals surface area contributed by atoms with Crippen molar-refractivity contribution in [1.82, 2.24) is 0 Å². The zero-order valence-electron chi connectivity index (χ0n) is 58.4. The fourth-order valence-electron chi connectivity index (χ4n) is 12.4. The first-order chi connectivity index (χ1) is 50.6. The van der Waals surface area contributed by atoms with Crippen LogP contribution in [0.2, 0.25) is 0 Å². The van der Waals surface area contributed by atoms with Gasteiger partial charge in [-0.3, -0.25) is 0 Å². The fourth-order valence-corrected chi connectivity index (χ4v) is 12.8. The molecule has 1 heterocycles. The van der Waals surface area contributed by atoms with E-state index in [4.69, 9.17) is 40.8 Å². The molecule has 506 valence electrons. The van der Waals surface area contributed by atoms with E-state index in [2.05, 4.69) is 256 Å². The van der Waals surface area contributed by atoms with Gasteiger partial charge in [0.1, 0.15) is 24.7 Å². The molecule has 0 radical (unpaired) electrons. The maximum absolute atomic E-state index is 9.09.